The highest BCUT2D eigenvalue weighted by Crippen LogP contribution is 2.37. The Morgan fingerprint density at radius 3 is 3.00 bits per heavy atom. The van der Waals surface area contributed by atoms with Gasteiger partial charge in [0.2, 0.25) is 0 Å². The van der Waals surface area contributed by atoms with Crippen molar-refractivity contribution in [1.82, 2.24) is 10.6 Å². The second-order valence-electron chi connectivity index (χ2n) is 6.48. The lowest BCUT2D eigenvalue weighted by atomic mass is 9.73. The Hall–Kier alpha value is -1.10. The zero-order chi connectivity index (χ0) is 14.6. The number of hydrogen-bond donors (Lipinski definition) is 2. The van der Waals surface area contributed by atoms with Gasteiger partial charge in [-0.3, -0.25) is 15.1 Å². The molecule has 2 fully saturated rings. The van der Waals surface area contributed by atoms with Crippen LogP contribution in [0.5, 0.6) is 0 Å². The van der Waals surface area contributed by atoms with Gasteiger partial charge >= 0.3 is 0 Å². The summed E-state index contributed by atoms with van der Waals surface area (Å²) in [4.78, 5) is 16.7. The lowest BCUT2D eigenvalue weighted by Crippen LogP contribution is -2.50. The first kappa shape index (κ1) is 15.3. The Labute approximate surface area is 121 Å². The third-order valence-electron chi connectivity index (χ3n) is 4.25. The number of amides is 1. The molecule has 2 aliphatic rings. The third kappa shape index (κ3) is 3.51. The maximum absolute atomic E-state index is 12.3. The zero-order valence-electron chi connectivity index (χ0n) is 12.9. The van der Waals surface area contributed by atoms with Crippen molar-refractivity contribution in [3.63, 3.8) is 0 Å². The number of carbonyl (C=O) groups is 1. The molecule has 0 radical (unpaired) electrons. The number of hydrogen-bond acceptors (Lipinski definition) is 3. The summed E-state index contributed by atoms with van der Waals surface area (Å²) in [6, 6.07) is 0. The van der Waals surface area contributed by atoms with E-state index in [1.807, 2.05) is 0 Å². The molecular weight excluding hydrogens is 254 g/mol. The Kier molecular flexibility index (Phi) is 5.02. The summed E-state index contributed by atoms with van der Waals surface area (Å²) in [5, 5.41) is 6.24. The van der Waals surface area contributed by atoms with Crippen molar-refractivity contribution in [3.8, 4) is 0 Å². The summed E-state index contributed by atoms with van der Waals surface area (Å²) in [6.45, 7) is 5.65. The van der Waals surface area contributed by atoms with Gasteiger partial charge < -0.3 is 10.1 Å². The molecule has 1 amide bonds. The van der Waals surface area contributed by atoms with Gasteiger partial charge in [-0.1, -0.05) is 26.7 Å². The van der Waals surface area contributed by atoms with Crippen LogP contribution in [0.25, 0.3) is 0 Å². The molecule has 0 aromatic heterocycles. The molecule has 20 heavy (non-hydrogen) atoms. The molecule has 1 aliphatic heterocycles. The van der Waals surface area contributed by atoms with Gasteiger partial charge in [0.05, 0.1) is 13.2 Å². The van der Waals surface area contributed by atoms with E-state index in [1.54, 1.807) is 7.11 Å². The molecule has 2 atom stereocenters. The molecule has 0 bridgehead atoms. The smallest absolute Gasteiger partial charge is 0.252 e. The lowest BCUT2D eigenvalue weighted by Gasteiger charge is -2.36. The second-order valence-corrected chi connectivity index (χ2v) is 6.48. The van der Waals surface area contributed by atoms with Crippen LogP contribution in [-0.4, -0.2) is 37.7 Å². The van der Waals surface area contributed by atoms with Crippen molar-refractivity contribution in [2.24, 2.45) is 16.8 Å². The van der Waals surface area contributed by atoms with E-state index in [9.17, 15) is 4.79 Å². The first-order chi connectivity index (χ1) is 9.55. The predicted molar refractivity (Wildman–Crippen MR) is 79.6 cm³/mol. The Balaban J connectivity index is 1.99. The fourth-order valence-corrected chi connectivity index (χ4v) is 3.45. The summed E-state index contributed by atoms with van der Waals surface area (Å²) in [5.41, 5.74) is -0.413. The normalized spacial score (nSPS) is 31.9. The maximum atomic E-state index is 12.3. The highest BCUT2D eigenvalue weighted by atomic mass is 16.5. The number of aliphatic imine (C=N–C) groups is 1. The van der Waals surface area contributed by atoms with E-state index in [-0.39, 0.29) is 5.91 Å². The summed E-state index contributed by atoms with van der Waals surface area (Å²) in [7, 11) is 1.65. The number of nitrogens with zero attached hydrogens (tertiary/aromatic N) is 1. The zero-order valence-corrected chi connectivity index (χ0v) is 12.9. The first-order valence-electron chi connectivity index (χ1n) is 7.69. The molecule has 1 saturated carbocycles. The van der Waals surface area contributed by atoms with Crippen LogP contribution in [0.15, 0.2) is 4.99 Å². The van der Waals surface area contributed by atoms with Crippen LogP contribution in [-0.2, 0) is 9.53 Å². The summed E-state index contributed by atoms with van der Waals surface area (Å²) in [6.07, 6.45) is 5.40. The van der Waals surface area contributed by atoms with E-state index in [1.165, 1.54) is 12.8 Å². The minimum Gasteiger partial charge on any atom is -0.383 e. The minimum absolute atomic E-state index is 0.0992. The molecule has 2 unspecified atom stereocenters. The van der Waals surface area contributed by atoms with Crippen LogP contribution < -0.4 is 10.6 Å². The van der Waals surface area contributed by atoms with Crippen molar-refractivity contribution >= 4 is 11.9 Å². The van der Waals surface area contributed by atoms with Gasteiger partial charge in [0.1, 0.15) is 5.54 Å². The molecule has 2 N–H and O–H groups in total. The summed E-state index contributed by atoms with van der Waals surface area (Å²) < 4.78 is 4.98. The monoisotopic (exact) mass is 281 g/mol. The van der Waals surface area contributed by atoms with E-state index >= 15 is 0 Å². The second kappa shape index (κ2) is 6.57. The summed E-state index contributed by atoms with van der Waals surface area (Å²) in [5.74, 6) is 2.05. The number of methoxy groups -OCH3 is 1. The quantitative estimate of drug-likeness (QED) is 0.754. The van der Waals surface area contributed by atoms with Gasteiger partial charge in [-0.25, -0.2) is 0 Å². The van der Waals surface area contributed by atoms with Crippen LogP contribution in [0.4, 0.5) is 0 Å². The van der Waals surface area contributed by atoms with Crippen LogP contribution in [0.2, 0.25) is 0 Å². The fourth-order valence-electron chi connectivity index (χ4n) is 3.45. The van der Waals surface area contributed by atoms with E-state index in [0.717, 1.165) is 19.3 Å². The average Bonchev–Trinajstić information content (AvgIpc) is 2.65. The van der Waals surface area contributed by atoms with Crippen LogP contribution in [0.3, 0.4) is 0 Å². The molecule has 1 spiro atoms. The molecule has 0 aromatic carbocycles. The highest BCUT2D eigenvalue weighted by Gasteiger charge is 2.47. The largest absolute Gasteiger partial charge is 0.383 e. The van der Waals surface area contributed by atoms with Crippen molar-refractivity contribution in [2.75, 3.05) is 20.3 Å². The number of guanidine groups is 1. The van der Waals surface area contributed by atoms with Crippen LogP contribution in [0.1, 0.15) is 46.0 Å². The van der Waals surface area contributed by atoms with E-state index < -0.39 is 5.54 Å². The van der Waals surface area contributed by atoms with Gasteiger partial charge in [-0.05, 0) is 31.1 Å². The van der Waals surface area contributed by atoms with Crippen molar-refractivity contribution in [1.29, 1.82) is 0 Å². The first-order valence-corrected chi connectivity index (χ1v) is 7.69. The van der Waals surface area contributed by atoms with Crippen molar-refractivity contribution < 1.29 is 9.53 Å². The standard InChI is InChI=1S/C15H27N3O2/c1-11(2)9-12-5-4-6-15(10-12)13(19)17-14(18-15)16-7-8-20-3/h11-12H,4-10H2,1-3H3,(H2,16,17,18,19). The number of rotatable bonds is 5. The predicted octanol–water partition coefficient (Wildman–Crippen LogP) is 1.68. The third-order valence-corrected chi connectivity index (χ3v) is 4.25. The van der Waals surface area contributed by atoms with Gasteiger partial charge in [0.15, 0.2) is 5.96 Å². The molecular formula is C15H27N3O2. The Morgan fingerprint density at radius 2 is 2.30 bits per heavy atom. The molecule has 5 heteroatoms. The minimum atomic E-state index is -0.413. The molecule has 114 valence electrons. The van der Waals surface area contributed by atoms with Gasteiger partial charge in [0.25, 0.3) is 5.91 Å². The molecule has 1 aliphatic carbocycles. The fraction of sp³-hybridized carbons (Fsp3) is 0.867. The lowest BCUT2D eigenvalue weighted by molar-refractivity contribution is -0.125. The van der Waals surface area contributed by atoms with Gasteiger partial charge in [0, 0.05) is 7.11 Å². The SMILES string of the molecule is COCCN=C1NC(=O)C2(CCCC(CC(C)C)C2)N1. The average molecular weight is 281 g/mol. The number of nitrogens with one attached hydrogen (secondary N) is 2. The topological polar surface area (TPSA) is 62.7 Å². The van der Waals surface area contributed by atoms with Crippen LogP contribution in [0, 0.1) is 11.8 Å². The van der Waals surface area contributed by atoms with Gasteiger partial charge in [-0.2, -0.15) is 0 Å². The van der Waals surface area contributed by atoms with E-state index in [4.69, 9.17) is 4.74 Å². The van der Waals surface area contributed by atoms with Crippen molar-refractivity contribution in [3.05, 3.63) is 0 Å². The van der Waals surface area contributed by atoms with Crippen LogP contribution >= 0.6 is 0 Å². The number of carbonyl (C=O) groups excluding carboxylic acids is 1. The van der Waals surface area contributed by atoms with Crippen molar-refractivity contribution in [2.45, 2.75) is 51.5 Å². The molecule has 0 aromatic rings. The Bertz CT molecular complexity index is 381. The van der Waals surface area contributed by atoms with E-state index in [2.05, 4.69) is 29.5 Å². The summed E-state index contributed by atoms with van der Waals surface area (Å²) >= 11 is 0. The number of ether oxygens (including phenoxy) is 1. The molecule has 2 rings (SSSR count). The Morgan fingerprint density at radius 1 is 1.50 bits per heavy atom. The highest BCUT2D eigenvalue weighted by molar-refractivity contribution is 6.09. The molecule has 1 saturated heterocycles. The molecule has 1 heterocycles. The van der Waals surface area contributed by atoms with E-state index in [0.29, 0.717) is 30.9 Å². The van der Waals surface area contributed by atoms with Gasteiger partial charge in [-0.15, -0.1) is 0 Å². The maximum Gasteiger partial charge on any atom is 0.252 e. The molecule has 5 nitrogen and oxygen atoms in total.